The van der Waals surface area contributed by atoms with Gasteiger partial charge in [0.2, 0.25) is 0 Å². The summed E-state index contributed by atoms with van der Waals surface area (Å²) in [5, 5.41) is 3.02. The highest BCUT2D eigenvalue weighted by atomic mass is 16.1. The minimum absolute atomic E-state index is 0.0151. The Morgan fingerprint density at radius 2 is 1.79 bits per heavy atom. The summed E-state index contributed by atoms with van der Waals surface area (Å²) < 4.78 is 2.39. The lowest BCUT2D eigenvalue weighted by atomic mass is 10.1. The van der Waals surface area contributed by atoms with Gasteiger partial charge in [-0.25, -0.2) is 4.98 Å². The summed E-state index contributed by atoms with van der Waals surface area (Å²) in [5.41, 5.74) is 4.24. The molecule has 0 atom stereocenters. The van der Waals surface area contributed by atoms with Crippen LogP contribution in [0.5, 0.6) is 0 Å². The van der Waals surface area contributed by atoms with Crippen molar-refractivity contribution in [2.24, 2.45) is 0 Å². The molecule has 0 bridgehead atoms. The molecule has 28 heavy (non-hydrogen) atoms. The number of unbranched alkanes of at least 4 members (excludes halogenated alkanes) is 3. The van der Waals surface area contributed by atoms with E-state index in [9.17, 15) is 4.79 Å². The number of carbonyl (C=O) groups is 1. The van der Waals surface area contributed by atoms with Gasteiger partial charge in [-0.2, -0.15) is 0 Å². The van der Waals surface area contributed by atoms with Crippen molar-refractivity contribution in [1.82, 2.24) is 14.9 Å². The average molecular weight is 378 g/mol. The molecule has 4 nitrogen and oxygen atoms in total. The van der Waals surface area contributed by atoms with Gasteiger partial charge in [0.1, 0.15) is 5.82 Å². The molecule has 3 rings (SSSR count). The van der Waals surface area contributed by atoms with Crippen molar-refractivity contribution in [1.29, 1.82) is 0 Å². The number of carbonyl (C=O) groups excluding carboxylic acids is 1. The molecule has 148 valence electrons. The Bertz CT molecular complexity index is 896. The molecule has 1 amide bonds. The summed E-state index contributed by atoms with van der Waals surface area (Å²) in [4.78, 5) is 17.0. The third-order valence-electron chi connectivity index (χ3n) is 5.15. The number of nitrogens with zero attached hydrogens (tertiary/aromatic N) is 2. The van der Waals surface area contributed by atoms with Crippen molar-refractivity contribution >= 4 is 16.9 Å². The largest absolute Gasteiger partial charge is 0.352 e. The first kappa shape index (κ1) is 20.1. The smallest absolute Gasteiger partial charge is 0.251 e. The van der Waals surface area contributed by atoms with E-state index in [1.807, 2.05) is 31.2 Å². The molecule has 0 fully saturated rings. The van der Waals surface area contributed by atoms with Crippen LogP contribution in [0.2, 0.25) is 0 Å². The molecule has 1 aromatic heterocycles. The molecule has 0 aliphatic heterocycles. The van der Waals surface area contributed by atoms with E-state index in [0.717, 1.165) is 49.9 Å². The van der Waals surface area contributed by atoms with E-state index in [-0.39, 0.29) is 5.91 Å². The number of hydrogen-bond acceptors (Lipinski definition) is 2. The van der Waals surface area contributed by atoms with Crippen molar-refractivity contribution in [2.75, 3.05) is 6.54 Å². The molecule has 0 spiro atoms. The van der Waals surface area contributed by atoms with Crippen LogP contribution in [-0.2, 0) is 13.0 Å². The van der Waals surface area contributed by atoms with Gasteiger partial charge in [0.25, 0.3) is 5.91 Å². The van der Waals surface area contributed by atoms with Crippen LogP contribution in [0.15, 0.2) is 48.5 Å². The van der Waals surface area contributed by atoms with E-state index in [4.69, 9.17) is 4.98 Å². The molecule has 0 saturated heterocycles. The molecule has 0 aliphatic carbocycles. The highest BCUT2D eigenvalue weighted by Gasteiger charge is 2.10. The van der Waals surface area contributed by atoms with E-state index >= 15 is 0 Å². The number of rotatable bonds is 10. The second-order valence-electron chi connectivity index (χ2n) is 7.45. The standard InChI is InChI=1S/C24H31N3O/c1-3-4-18-27-22-11-8-7-10-21(22)26-23(27)12-6-5-9-17-25-24(28)20-15-13-19(2)14-16-20/h7-8,10-11,13-16H,3-6,9,12,17-18H2,1-2H3,(H,25,28). The summed E-state index contributed by atoms with van der Waals surface area (Å²) in [7, 11) is 0. The molecule has 4 heteroatoms. The fourth-order valence-corrected chi connectivity index (χ4v) is 3.48. The monoisotopic (exact) mass is 377 g/mol. The van der Waals surface area contributed by atoms with E-state index in [1.54, 1.807) is 0 Å². The third kappa shape index (κ3) is 5.22. The van der Waals surface area contributed by atoms with Gasteiger partial charge in [0.05, 0.1) is 11.0 Å². The normalized spacial score (nSPS) is 11.1. The second-order valence-corrected chi connectivity index (χ2v) is 7.45. The zero-order valence-electron chi connectivity index (χ0n) is 17.1. The summed E-state index contributed by atoms with van der Waals surface area (Å²) >= 11 is 0. The first-order valence-electron chi connectivity index (χ1n) is 10.5. The molecule has 2 aromatic carbocycles. The highest BCUT2D eigenvalue weighted by Crippen LogP contribution is 2.18. The Hall–Kier alpha value is -2.62. The summed E-state index contributed by atoms with van der Waals surface area (Å²) in [5.74, 6) is 1.21. The molecule has 0 radical (unpaired) electrons. The zero-order valence-corrected chi connectivity index (χ0v) is 17.1. The molecule has 0 aliphatic rings. The van der Waals surface area contributed by atoms with Gasteiger partial charge in [-0.1, -0.05) is 49.6 Å². The second kappa shape index (κ2) is 10.1. The number of aryl methyl sites for hydroxylation is 3. The lowest BCUT2D eigenvalue weighted by Crippen LogP contribution is -2.24. The summed E-state index contributed by atoms with van der Waals surface area (Å²) in [6, 6.07) is 16.1. The fourth-order valence-electron chi connectivity index (χ4n) is 3.48. The van der Waals surface area contributed by atoms with Crippen molar-refractivity contribution < 1.29 is 4.79 Å². The van der Waals surface area contributed by atoms with Crippen LogP contribution in [0, 0.1) is 6.92 Å². The van der Waals surface area contributed by atoms with Gasteiger partial charge in [-0.15, -0.1) is 0 Å². The van der Waals surface area contributed by atoms with Gasteiger partial charge < -0.3 is 9.88 Å². The molecular weight excluding hydrogens is 346 g/mol. The molecule has 0 unspecified atom stereocenters. The van der Waals surface area contributed by atoms with E-state index in [0.29, 0.717) is 0 Å². The van der Waals surface area contributed by atoms with Crippen molar-refractivity contribution in [3.05, 3.63) is 65.5 Å². The van der Waals surface area contributed by atoms with Crippen LogP contribution >= 0.6 is 0 Å². The number of benzene rings is 2. The Balaban J connectivity index is 1.45. The van der Waals surface area contributed by atoms with Crippen molar-refractivity contribution in [3.8, 4) is 0 Å². The van der Waals surface area contributed by atoms with Gasteiger partial charge in [0, 0.05) is 25.1 Å². The van der Waals surface area contributed by atoms with Crippen LogP contribution in [0.3, 0.4) is 0 Å². The van der Waals surface area contributed by atoms with Crippen LogP contribution in [-0.4, -0.2) is 22.0 Å². The SMILES string of the molecule is CCCCn1c(CCCCCNC(=O)c2ccc(C)cc2)nc2ccccc21. The van der Waals surface area contributed by atoms with Gasteiger partial charge in [0.15, 0.2) is 0 Å². The van der Waals surface area contributed by atoms with Gasteiger partial charge in [-0.05, 0) is 50.5 Å². The summed E-state index contributed by atoms with van der Waals surface area (Å²) in [6.45, 7) is 6.01. The van der Waals surface area contributed by atoms with Crippen LogP contribution in [0.4, 0.5) is 0 Å². The first-order valence-corrected chi connectivity index (χ1v) is 10.5. The molecule has 0 saturated carbocycles. The number of nitrogens with one attached hydrogen (secondary N) is 1. The minimum Gasteiger partial charge on any atom is -0.352 e. The maximum Gasteiger partial charge on any atom is 0.251 e. The Kier molecular flexibility index (Phi) is 7.24. The Morgan fingerprint density at radius 3 is 2.57 bits per heavy atom. The number of amides is 1. The number of aromatic nitrogens is 2. The molecule has 1 N–H and O–H groups in total. The number of para-hydroxylation sites is 2. The third-order valence-corrected chi connectivity index (χ3v) is 5.15. The highest BCUT2D eigenvalue weighted by molar-refractivity contribution is 5.94. The predicted octanol–water partition coefficient (Wildman–Crippen LogP) is 5.29. The van der Waals surface area contributed by atoms with Crippen LogP contribution < -0.4 is 5.32 Å². The summed E-state index contributed by atoms with van der Waals surface area (Å²) in [6.07, 6.45) is 6.53. The fraction of sp³-hybridized carbons (Fsp3) is 0.417. The van der Waals surface area contributed by atoms with Crippen molar-refractivity contribution in [3.63, 3.8) is 0 Å². The molecule has 3 aromatic rings. The van der Waals surface area contributed by atoms with Crippen LogP contribution in [0.1, 0.15) is 60.8 Å². The maximum atomic E-state index is 12.1. The average Bonchev–Trinajstić information content (AvgIpc) is 3.06. The quantitative estimate of drug-likeness (QED) is 0.488. The van der Waals surface area contributed by atoms with Gasteiger partial charge in [-0.3, -0.25) is 4.79 Å². The zero-order chi connectivity index (χ0) is 19.8. The minimum atomic E-state index is 0.0151. The Morgan fingerprint density at radius 1 is 1.00 bits per heavy atom. The van der Waals surface area contributed by atoms with E-state index in [2.05, 4.69) is 41.1 Å². The van der Waals surface area contributed by atoms with Crippen molar-refractivity contribution in [2.45, 2.75) is 58.9 Å². The molecule has 1 heterocycles. The number of fused-ring (bicyclic) bond motifs is 1. The van der Waals surface area contributed by atoms with E-state index < -0.39 is 0 Å². The number of imidazole rings is 1. The lowest BCUT2D eigenvalue weighted by Gasteiger charge is -2.09. The first-order chi connectivity index (χ1) is 13.7. The van der Waals surface area contributed by atoms with Gasteiger partial charge >= 0.3 is 0 Å². The Labute approximate surface area is 168 Å². The number of hydrogen-bond donors (Lipinski definition) is 1. The van der Waals surface area contributed by atoms with Crippen LogP contribution in [0.25, 0.3) is 11.0 Å². The maximum absolute atomic E-state index is 12.1. The topological polar surface area (TPSA) is 46.9 Å². The lowest BCUT2D eigenvalue weighted by molar-refractivity contribution is 0.0953. The van der Waals surface area contributed by atoms with E-state index in [1.165, 1.54) is 29.7 Å². The molecular formula is C24H31N3O. The predicted molar refractivity (Wildman–Crippen MR) is 116 cm³/mol.